The van der Waals surface area contributed by atoms with Gasteiger partial charge in [-0.05, 0) is 58.6 Å². The van der Waals surface area contributed by atoms with Gasteiger partial charge in [0.2, 0.25) is 0 Å². The average Bonchev–Trinajstić information content (AvgIpc) is 2.65. The van der Waals surface area contributed by atoms with Crippen molar-refractivity contribution in [3.8, 4) is 0 Å². The van der Waals surface area contributed by atoms with Gasteiger partial charge < -0.3 is 15.6 Å². The molecule has 0 aliphatic carbocycles. The van der Waals surface area contributed by atoms with Crippen molar-refractivity contribution < 1.29 is 14.6 Å². The summed E-state index contributed by atoms with van der Waals surface area (Å²) >= 11 is 0. The van der Waals surface area contributed by atoms with Gasteiger partial charge in [-0.15, -0.1) is 0 Å². The monoisotopic (exact) mass is 351 g/mol. The number of nitrogens with two attached hydrogens (primary N) is 1. The van der Waals surface area contributed by atoms with Gasteiger partial charge in [-0.25, -0.2) is 4.79 Å². The Hall–Kier alpha value is -2.43. The van der Waals surface area contributed by atoms with Gasteiger partial charge in [-0.2, -0.15) is 0 Å². The normalized spacial score (nSPS) is 11.3. The molecule has 4 heteroatoms. The van der Waals surface area contributed by atoms with E-state index < -0.39 is 5.97 Å². The van der Waals surface area contributed by atoms with E-state index in [1.165, 1.54) is 0 Å². The first-order valence-corrected chi connectivity index (χ1v) is 9.16. The highest BCUT2D eigenvalue weighted by molar-refractivity contribution is 6.16. The lowest BCUT2D eigenvalue weighted by Crippen LogP contribution is -2.01. The molecule has 0 aliphatic heterocycles. The fourth-order valence-corrected chi connectivity index (χ4v) is 3.33. The van der Waals surface area contributed by atoms with E-state index in [4.69, 9.17) is 10.5 Å². The minimum atomic E-state index is -0.895. The molecule has 136 valence electrons. The summed E-state index contributed by atoms with van der Waals surface area (Å²) in [5, 5.41) is 13.1. The van der Waals surface area contributed by atoms with E-state index in [0.29, 0.717) is 12.2 Å². The van der Waals surface area contributed by atoms with Gasteiger partial charge in [-0.3, -0.25) is 0 Å². The van der Waals surface area contributed by atoms with E-state index >= 15 is 0 Å². The third-order valence-electron chi connectivity index (χ3n) is 4.65. The Morgan fingerprint density at radius 3 is 2.50 bits per heavy atom. The summed E-state index contributed by atoms with van der Waals surface area (Å²) in [6.45, 7) is 2.04. The number of ether oxygens (including phenoxy) is 1. The highest BCUT2D eigenvalue weighted by Gasteiger charge is 2.14. The molecule has 0 radical (unpaired) electrons. The number of hydrogen-bond acceptors (Lipinski definition) is 3. The van der Waals surface area contributed by atoms with Crippen molar-refractivity contribution in [1.82, 2.24) is 0 Å². The molecular formula is C22H25NO3. The first-order valence-electron chi connectivity index (χ1n) is 9.16. The molecule has 0 atom stereocenters. The van der Waals surface area contributed by atoms with Crippen molar-refractivity contribution in [2.75, 3.05) is 13.2 Å². The molecule has 3 rings (SSSR count). The molecule has 0 aliphatic rings. The topological polar surface area (TPSA) is 72.5 Å². The zero-order valence-electron chi connectivity index (χ0n) is 14.9. The lowest BCUT2D eigenvalue weighted by Gasteiger charge is -2.10. The van der Waals surface area contributed by atoms with Gasteiger partial charge in [0.1, 0.15) is 0 Å². The van der Waals surface area contributed by atoms with Gasteiger partial charge in [0.25, 0.3) is 0 Å². The Bertz CT molecular complexity index is 904. The van der Waals surface area contributed by atoms with Crippen molar-refractivity contribution >= 4 is 27.5 Å². The fourth-order valence-electron chi connectivity index (χ4n) is 3.33. The fraction of sp³-hybridized carbons (Fsp3) is 0.318. The van der Waals surface area contributed by atoms with Crippen LogP contribution in [0, 0.1) is 0 Å². The molecule has 0 spiro atoms. The third kappa shape index (κ3) is 4.21. The molecule has 3 aromatic carbocycles. The minimum absolute atomic E-state index is 0.366. The molecule has 0 bridgehead atoms. The van der Waals surface area contributed by atoms with Gasteiger partial charge in [0.15, 0.2) is 0 Å². The number of unbranched alkanes of at least 4 members (excludes halogenated alkanes) is 3. The van der Waals surface area contributed by atoms with Crippen LogP contribution in [0.1, 0.15) is 41.6 Å². The molecular weight excluding hydrogens is 326 g/mol. The maximum atomic E-state index is 11.8. The van der Waals surface area contributed by atoms with Crippen LogP contribution in [-0.4, -0.2) is 24.2 Å². The molecule has 3 aromatic rings. The van der Waals surface area contributed by atoms with E-state index in [0.717, 1.165) is 65.9 Å². The summed E-state index contributed by atoms with van der Waals surface area (Å²) in [5.74, 6) is -0.895. The maximum absolute atomic E-state index is 11.8. The summed E-state index contributed by atoms with van der Waals surface area (Å²) < 4.78 is 5.77. The standard InChI is InChI=1S/C22H25NO3/c23-11-5-1-2-6-12-26-15-16-9-10-20-18(13-16)14-17-7-3-4-8-19(17)21(20)22(24)25/h3-4,7-10,13-14H,1-2,5-6,11-12,15,23H2,(H,24,25). The van der Waals surface area contributed by atoms with Crippen LogP contribution in [0.3, 0.4) is 0 Å². The third-order valence-corrected chi connectivity index (χ3v) is 4.65. The second kappa shape index (κ2) is 8.79. The molecule has 4 nitrogen and oxygen atoms in total. The van der Waals surface area contributed by atoms with E-state index in [1.54, 1.807) is 0 Å². The van der Waals surface area contributed by atoms with E-state index in [9.17, 15) is 9.90 Å². The molecule has 0 saturated heterocycles. The number of carboxylic acids is 1. The van der Waals surface area contributed by atoms with Gasteiger partial charge in [-0.1, -0.05) is 49.2 Å². The molecule has 0 aromatic heterocycles. The zero-order valence-corrected chi connectivity index (χ0v) is 14.9. The van der Waals surface area contributed by atoms with Crippen LogP contribution < -0.4 is 5.73 Å². The minimum Gasteiger partial charge on any atom is -0.478 e. The molecule has 0 unspecified atom stereocenters. The first-order chi connectivity index (χ1) is 12.7. The van der Waals surface area contributed by atoms with Gasteiger partial charge in [0, 0.05) is 6.61 Å². The number of carbonyl (C=O) groups is 1. The smallest absolute Gasteiger partial charge is 0.336 e. The van der Waals surface area contributed by atoms with Crippen LogP contribution in [0.15, 0.2) is 48.5 Å². The number of hydrogen-bond donors (Lipinski definition) is 2. The summed E-state index contributed by atoms with van der Waals surface area (Å²) in [4.78, 5) is 11.8. The molecule has 0 heterocycles. The Balaban J connectivity index is 1.76. The van der Waals surface area contributed by atoms with Crippen LogP contribution in [0.25, 0.3) is 21.5 Å². The van der Waals surface area contributed by atoms with E-state index in [1.807, 2.05) is 48.5 Å². The Kier molecular flexibility index (Phi) is 6.21. The van der Waals surface area contributed by atoms with Crippen molar-refractivity contribution in [3.05, 3.63) is 59.7 Å². The predicted molar refractivity (Wildman–Crippen MR) is 106 cm³/mol. The van der Waals surface area contributed by atoms with E-state index in [-0.39, 0.29) is 0 Å². The highest BCUT2D eigenvalue weighted by Crippen LogP contribution is 2.29. The molecule has 0 fully saturated rings. The summed E-state index contributed by atoms with van der Waals surface area (Å²) in [6, 6.07) is 15.5. The van der Waals surface area contributed by atoms with Gasteiger partial charge in [0.05, 0.1) is 12.2 Å². The lowest BCUT2D eigenvalue weighted by molar-refractivity contribution is 0.0701. The van der Waals surface area contributed by atoms with E-state index in [2.05, 4.69) is 0 Å². The Morgan fingerprint density at radius 2 is 1.69 bits per heavy atom. The summed E-state index contributed by atoms with van der Waals surface area (Å²) in [7, 11) is 0. The number of rotatable bonds is 9. The SMILES string of the molecule is NCCCCCCOCc1ccc2c(C(=O)O)c3ccccc3cc2c1. The van der Waals surface area contributed by atoms with Crippen molar-refractivity contribution in [2.45, 2.75) is 32.3 Å². The van der Waals surface area contributed by atoms with Crippen LogP contribution in [0.4, 0.5) is 0 Å². The zero-order chi connectivity index (χ0) is 18.4. The summed E-state index contributed by atoms with van der Waals surface area (Å²) in [6.07, 6.45) is 4.41. The van der Waals surface area contributed by atoms with Crippen molar-refractivity contribution in [3.63, 3.8) is 0 Å². The molecule has 3 N–H and O–H groups in total. The second-order valence-electron chi connectivity index (χ2n) is 6.59. The molecule has 0 amide bonds. The maximum Gasteiger partial charge on any atom is 0.336 e. The lowest BCUT2D eigenvalue weighted by atomic mass is 9.95. The average molecular weight is 351 g/mol. The van der Waals surface area contributed by atoms with Crippen molar-refractivity contribution in [2.24, 2.45) is 5.73 Å². The van der Waals surface area contributed by atoms with Gasteiger partial charge >= 0.3 is 5.97 Å². The number of carboxylic acid groups (broad SMARTS) is 1. The van der Waals surface area contributed by atoms with Crippen molar-refractivity contribution in [1.29, 1.82) is 0 Å². The number of benzene rings is 3. The Morgan fingerprint density at radius 1 is 0.923 bits per heavy atom. The molecule has 26 heavy (non-hydrogen) atoms. The van der Waals surface area contributed by atoms with Crippen LogP contribution in [0.5, 0.6) is 0 Å². The first kappa shape index (κ1) is 18.4. The highest BCUT2D eigenvalue weighted by atomic mass is 16.5. The van der Waals surface area contributed by atoms with Crippen LogP contribution >= 0.6 is 0 Å². The summed E-state index contributed by atoms with van der Waals surface area (Å²) in [5.41, 5.74) is 6.91. The quantitative estimate of drug-likeness (QED) is 0.432. The second-order valence-corrected chi connectivity index (χ2v) is 6.59. The predicted octanol–water partition coefficient (Wildman–Crippen LogP) is 4.73. The van der Waals surface area contributed by atoms with Crippen LogP contribution in [0.2, 0.25) is 0 Å². The number of fused-ring (bicyclic) bond motifs is 2. The Labute approximate surface area is 153 Å². The van der Waals surface area contributed by atoms with Crippen LogP contribution in [-0.2, 0) is 11.3 Å². The largest absolute Gasteiger partial charge is 0.478 e. The molecule has 0 saturated carbocycles. The number of aromatic carboxylic acids is 1.